The lowest BCUT2D eigenvalue weighted by Crippen LogP contribution is -1.77. The predicted octanol–water partition coefficient (Wildman–Crippen LogP) is 2.87. The molecule has 0 aliphatic carbocycles. The monoisotopic (exact) mass is 242 g/mol. The molecule has 0 aliphatic heterocycles. The van der Waals surface area contributed by atoms with Gasteiger partial charge in [-0.25, -0.2) is 0 Å². The Morgan fingerprint density at radius 1 is 0.778 bits per heavy atom. The van der Waals surface area contributed by atoms with Crippen LogP contribution in [0.5, 0.6) is 0 Å². The van der Waals surface area contributed by atoms with Crippen molar-refractivity contribution >= 4 is 6.08 Å². The number of hydrogen-bond acceptors (Lipinski definition) is 2. The standard InChI is InChI=1S/C9H10O.C7H8O/c10-8-4-7-9-5-2-1-3-6-9;8-6-7-4-2-1-3-5-7/h1-7,10H,8H2;1-5,8H,6H2/b7-4+;. The number of aliphatic hydroxyl groups excluding tert-OH is 2. The van der Waals surface area contributed by atoms with Gasteiger partial charge in [0.15, 0.2) is 0 Å². The molecule has 18 heavy (non-hydrogen) atoms. The Labute approximate surface area is 108 Å². The fourth-order valence-corrected chi connectivity index (χ4v) is 1.34. The molecule has 0 saturated heterocycles. The first-order valence-corrected chi connectivity index (χ1v) is 5.84. The summed E-state index contributed by atoms with van der Waals surface area (Å²) in [4.78, 5) is 0. The molecule has 2 rings (SSSR count). The van der Waals surface area contributed by atoms with E-state index < -0.39 is 0 Å². The van der Waals surface area contributed by atoms with Gasteiger partial charge in [0.2, 0.25) is 0 Å². The molecule has 0 aromatic heterocycles. The molecule has 0 atom stereocenters. The second kappa shape index (κ2) is 9.16. The maximum absolute atomic E-state index is 8.54. The molecule has 0 heterocycles. The van der Waals surface area contributed by atoms with E-state index in [-0.39, 0.29) is 13.2 Å². The van der Waals surface area contributed by atoms with Crippen molar-refractivity contribution in [3.8, 4) is 0 Å². The minimum atomic E-state index is 0.106. The molecular formula is C16H18O2. The van der Waals surface area contributed by atoms with Gasteiger partial charge in [-0.2, -0.15) is 0 Å². The molecule has 0 fully saturated rings. The van der Waals surface area contributed by atoms with Gasteiger partial charge >= 0.3 is 0 Å². The summed E-state index contributed by atoms with van der Waals surface area (Å²) in [5.41, 5.74) is 2.09. The minimum Gasteiger partial charge on any atom is -0.392 e. The second-order valence-electron chi connectivity index (χ2n) is 3.64. The van der Waals surface area contributed by atoms with Crippen LogP contribution in [0.2, 0.25) is 0 Å². The van der Waals surface area contributed by atoms with E-state index in [4.69, 9.17) is 10.2 Å². The van der Waals surface area contributed by atoms with Crippen LogP contribution < -0.4 is 0 Å². The highest BCUT2D eigenvalue weighted by atomic mass is 16.3. The third-order valence-electron chi connectivity index (χ3n) is 2.24. The highest BCUT2D eigenvalue weighted by Crippen LogP contribution is 1.99. The Balaban J connectivity index is 0.000000184. The van der Waals surface area contributed by atoms with Gasteiger partial charge in [0.05, 0.1) is 13.2 Å². The van der Waals surface area contributed by atoms with E-state index in [1.807, 2.05) is 66.7 Å². The molecule has 0 unspecified atom stereocenters. The largest absolute Gasteiger partial charge is 0.392 e. The van der Waals surface area contributed by atoms with E-state index in [2.05, 4.69) is 0 Å². The zero-order valence-electron chi connectivity index (χ0n) is 10.2. The van der Waals surface area contributed by atoms with Crippen LogP contribution in [-0.4, -0.2) is 16.8 Å². The molecule has 2 nitrogen and oxygen atoms in total. The number of aliphatic hydroxyl groups is 2. The van der Waals surface area contributed by atoms with Crippen LogP contribution in [0.4, 0.5) is 0 Å². The molecule has 94 valence electrons. The minimum absolute atomic E-state index is 0.106. The zero-order chi connectivity index (χ0) is 13.1. The summed E-state index contributed by atoms with van der Waals surface area (Å²) >= 11 is 0. The van der Waals surface area contributed by atoms with Crippen LogP contribution in [0.3, 0.4) is 0 Å². The Kier molecular flexibility index (Phi) is 7.21. The van der Waals surface area contributed by atoms with E-state index in [1.54, 1.807) is 6.08 Å². The van der Waals surface area contributed by atoms with Gasteiger partial charge in [-0.15, -0.1) is 0 Å². The molecule has 0 bridgehead atoms. The molecule has 0 amide bonds. The molecule has 2 aromatic carbocycles. The average Bonchev–Trinajstić information content (AvgIpc) is 2.48. The summed E-state index contributed by atoms with van der Waals surface area (Å²) < 4.78 is 0. The third kappa shape index (κ3) is 5.99. The van der Waals surface area contributed by atoms with Crippen LogP contribution in [0, 0.1) is 0 Å². The van der Waals surface area contributed by atoms with Crippen molar-refractivity contribution in [2.75, 3.05) is 6.61 Å². The topological polar surface area (TPSA) is 40.5 Å². The van der Waals surface area contributed by atoms with Gasteiger partial charge in [-0.3, -0.25) is 0 Å². The average molecular weight is 242 g/mol. The van der Waals surface area contributed by atoms with Crippen LogP contribution >= 0.6 is 0 Å². The highest BCUT2D eigenvalue weighted by Gasteiger charge is 1.81. The van der Waals surface area contributed by atoms with Crippen LogP contribution in [0.1, 0.15) is 11.1 Å². The Bertz CT molecular complexity index is 435. The van der Waals surface area contributed by atoms with Crippen molar-refractivity contribution in [2.45, 2.75) is 6.61 Å². The second-order valence-corrected chi connectivity index (χ2v) is 3.64. The molecular weight excluding hydrogens is 224 g/mol. The fraction of sp³-hybridized carbons (Fsp3) is 0.125. The van der Waals surface area contributed by atoms with Crippen molar-refractivity contribution in [2.24, 2.45) is 0 Å². The maximum atomic E-state index is 8.54. The summed E-state index contributed by atoms with van der Waals surface area (Å²) in [7, 11) is 0. The summed E-state index contributed by atoms with van der Waals surface area (Å²) in [6, 6.07) is 19.4. The van der Waals surface area contributed by atoms with E-state index in [1.165, 1.54) is 0 Å². The summed E-state index contributed by atoms with van der Waals surface area (Å²) in [6.07, 6.45) is 3.61. The lowest BCUT2D eigenvalue weighted by atomic mass is 10.2. The van der Waals surface area contributed by atoms with E-state index >= 15 is 0 Å². The van der Waals surface area contributed by atoms with Crippen molar-refractivity contribution in [1.82, 2.24) is 0 Å². The molecule has 2 N–H and O–H groups in total. The van der Waals surface area contributed by atoms with Gasteiger partial charge in [0.1, 0.15) is 0 Å². The highest BCUT2D eigenvalue weighted by molar-refractivity contribution is 5.48. The van der Waals surface area contributed by atoms with E-state index in [0.717, 1.165) is 11.1 Å². The number of rotatable bonds is 3. The van der Waals surface area contributed by atoms with Crippen molar-refractivity contribution in [1.29, 1.82) is 0 Å². The Morgan fingerprint density at radius 3 is 1.78 bits per heavy atom. The molecule has 2 aromatic rings. The summed E-state index contributed by atoms with van der Waals surface area (Å²) in [6.45, 7) is 0.246. The molecule has 0 saturated carbocycles. The Hall–Kier alpha value is -1.90. The lowest BCUT2D eigenvalue weighted by molar-refractivity contribution is 0.282. The van der Waals surface area contributed by atoms with Crippen LogP contribution in [0.15, 0.2) is 66.7 Å². The molecule has 0 radical (unpaired) electrons. The van der Waals surface area contributed by atoms with Gasteiger partial charge in [0, 0.05) is 0 Å². The Morgan fingerprint density at radius 2 is 1.33 bits per heavy atom. The summed E-state index contributed by atoms with van der Waals surface area (Å²) in [5, 5.41) is 17.0. The first kappa shape index (κ1) is 14.2. The smallest absolute Gasteiger partial charge is 0.0681 e. The molecule has 0 spiro atoms. The van der Waals surface area contributed by atoms with E-state index in [0.29, 0.717) is 0 Å². The normalized spacial score (nSPS) is 9.89. The van der Waals surface area contributed by atoms with Crippen molar-refractivity contribution < 1.29 is 10.2 Å². The molecule has 2 heteroatoms. The van der Waals surface area contributed by atoms with Gasteiger partial charge < -0.3 is 10.2 Å². The fourth-order valence-electron chi connectivity index (χ4n) is 1.34. The zero-order valence-corrected chi connectivity index (χ0v) is 10.2. The number of hydrogen-bond donors (Lipinski definition) is 2. The van der Waals surface area contributed by atoms with Crippen LogP contribution in [0.25, 0.3) is 6.08 Å². The first-order valence-electron chi connectivity index (χ1n) is 5.84. The van der Waals surface area contributed by atoms with Crippen LogP contribution in [-0.2, 0) is 6.61 Å². The predicted molar refractivity (Wildman–Crippen MR) is 74.9 cm³/mol. The maximum Gasteiger partial charge on any atom is 0.0681 e. The van der Waals surface area contributed by atoms with Crippen molar-refractivity contribution in [3.05, 3.63) is 77.9 Å². The lowest BCUT2D eigenvalue weighted by Gasteiger charge is -1.89. The summed E-state index contributed by atoms with van der Waals surface area (Å²) in [5.74, 6) is 0. The van der Waals surface area contributed by atoms with Crippen molar-refractivity contribution in [3.63, 3.8) is 0 Å². The van der Waals surface area contributed by atoms with E-state index in [9.17, 15) is 0 Å². The quantitative estimate of drug-likeness (QED) is 0.869. The van der Waals surface area contributed by atoms with Gasteiger partial charge in [0.25, 0.3) is 0 Å². The first-order chi connectivity index (χ1) is 8.86. The number of benzene rings is 2. The SMILES string of the molecule is OC/C=C/c1ccccc1.OCc1ccccc1. The molecule has 0 aliphatic rings. The van der Waals surface area contributed by atoms with Gasteiger partial charge in [-0.05, 0) is 11.1 Å². The van der Waals surface area contributed by atoms with Gasteiger partial charge in [-0.1, -0.05) is 72.8 Å². The third-order valence-corrected chi connectivity index (χ3v) is 2.24.